The lowest BCUT2D eigenvalue weighted by molar-refractivity contribution is -0.152. The number of hydrogen-bond acceptors (Lipinski definition) is 6. The third-order valence-electron chi connectivity index (χ3n) is 5.18. The summed E-state index contributed by atoms with van der Waals surface area (Å²) < 4.78 is 8.43. The molecule has 1 aromatic heterocycles. The van der Waals surface area contributed by atoms with Gasteiger partial charge in [0, 0.05) is 11.4 Å². The number of hydrogen-bond donors (Lipinski definition) is 1. The number of tetrazole rings is 1. The SMILES string of the molecule is CSc1ccc(-n2nnn(CCCc3cc(C)c(OC(C)(C)C(=O)O)c(C)c3)c2=O)cc1. The summed E-state index contributed by atoms with van der Waals surface area (Å²) in [6, 6.07) is 11.6. The zero-order chi connectivity index (χ0) is 23.5. The maximum atomic E-state index is 12.6. The van der Waals surface area contributed by atoms with Gasteiger partial charge in [-0.2, -0.15) is 9.36 Å². The number of carbonyl (C=O) groups is 1. The molecule has 0 saturated heterocycles. The molecule has 32 heavy (non-hydrogen) atoms. The Kier molecular flexibility index (Phi) is 7.08. The Morgan fingerprint density at radius 3 is 2.31 bits per heavy atom. The van der Waals surface area contributed by atoms with Crippen molar-refractivity contribution in [2.45, 2.75) is 57.6 Å². The van der Waals surface area contributed by atoms with Gasteiger partial charge in [0.2, 0.25) is 0 Å². The van der Waals surface area contributed by atoms with Crippen LogP contribution in [0.5, 0.6) is 5.75 Å². The first-order valence-electron chi connectivity index (χ1n) is 10.3. The summed E-state index contributed by atoms with van der Waals surface area (Å²) in [5, 5.41) is 17.3. The zero-order valence-corrected chi connectivity index (χ0v) is 19.8. The van der Waals surface area contributed by atoms with E-state index in [4.69, 9.17) is 4.74 Å². The molecule has 0 amide bonds. The maximum absolute atomic E-state index is 12.6. The van der Waals surface area contributed by atoms with Gasteiger partial charge in [0.25, 0.3) is 0 Å². The van der Waals surface area contributed by atoms with Crippen LogP contribution in [0.2, 0.25) is 0 Å². The van der Waals surface area contributed by atoms with Gasteiger partial charge in [0.1, 0.15) is 5.75 Å². The van der Waals surface area contributed by atoms with E-state index in [9.17, 15) is 14.7 Å². The van der Waals surface area contributed by atoms with Crippen molar-refractivity contribution in [1.29, 1.82) is 0 Å². The third-order valence-corrected chi connectivity index (χ3v) is 5.93. The van der Waals surface area contributed by atoms with E-state index in [2.05, 4.69) is 10.4 Å². The van der Waals surface area contributed by atoms with Gasteiger partial charge in [-0.1, -0.05) is 12.1 Å². The number of carboxylic acid groups (broad SMARTS) is 1. The van der Waals surface area contributed by atoms with Crippen LogP contribution in [0.3, 0.4) is 0 Å². The van der Waals surface area contributed by atoms with Crippen molar-refractivity contribution in [3.05, 3.63) is 63.6 Å². The van der Waals surface area contributed by atoms with E-state index in [1.165, 1.54) is 23.2 Å². The molecule has 0 aliphatic rings. The Bertz CT molecular complexity index is 1140. The third kappa shape index (κ3) is 5.21. The minimum Gasteiger partial charge on any atom is -0.478 e. The summed E-state index contributed by atoms with van der Waals surface area (Å²) in [5.41, 5.74) is 1.96. The van der Waals surface area contributed by atoms with Crippen LogP contribution in [-0.4, -0.2) is 42.7 Å². The highest BCUT2D eigenvalue weighted by Gasteiger charge is 2.30. The normalized spacial score (nSPS) is 11.5. The molecule has 1 N–H and O–H groups in total. The summed E-state index contributed by atoms with van der Waals surface area (Å²) in [7, 11) is 0. The highest BCUT2D eigenvalue weighted by molar-refractivity contribution is 7.98. The van der Waals surface area contributed by atoms with E-state index in [1.54, 1.807) is 11.8 Å². The molecule has 0 aliphatic carbocycles. The van der Waals surface area contributed by atoms with Crippen molar-refractivity contribution < 1.29 is 14.6 Å². The Morgan fingerprint density at radius 1 is 1.12 bits per heavy atom. The molecular formula is C23H28N4O4S. The largest absolute Gasteiger partial charge is 0.478 e. The second kappa shape index (κ2) is 9.60. The minimum absolute atomic E-state index is 0.270. The summed E-state index contributed by atoms with van der Waals surface area (Å²) in [4.78, 5) is 25.1. The van der Waals surface area contributed by atoms with Crippen molar-refractivity contribution in [2.24, 2.45) is 0 Å². The quantitative estimate of drug-likeness (QED) is 0.491. The lowest BCUT2D eigenvalue weighted by atomic mass is 10.0. The second-order valence-corrected chi connectivity index (χ2v) is 9.05. The number of aliphatic carboxylic acids is 1. The van der Waals surface area contributed by atoms with Crippen LogP contribution in [0.25, 0.3) is 5.69 Å². The topological polar surface area (TPSA) is 99.2 Å². The summed E-state index contributed by atoms with van der Waals surface area (Å²) in [6.45, 7) is 7.32. The van der Waals surface area contributed by atoms with E-state index in [-0.39, 0.29) is 5.69 Å². The fourth-order valence-corrected chi connectivity index (χ4v) is 3.79. The Labute approximate surface area is 191 Å². The molecular weight excluding hydrogens is 428 g/mol. The van der Waals surface area contributed by atoms with Crippen molar-refractivity contribution in [1.82, 2.24) is 19.8 Å². The van der Waals surface area contributed by atoms with Gasteiger partial charge in [-0.05, 0) is 98.2 Å². The van der Waals surface area contributed by atoms with Crippen LogP contribution in [0.1, 0.15) is 37.0 Å². The smallest absolute Gasteiger partial charge is 0.368 e. The van der Waals surface area contributed by atoms with Crippen LogP contribution in [0.15, 0.2) is 46.1 Å². The molecule has 0 aliphatic heterocycles. The van der Waals surface area contributed by atoms with Crippen LogP contribution in [-0.2, 0) is 17.8 Å². The standard InChI is InChI=1S/C23H28N4O4S/c1-15-13-17(14-16(2)20(15)31-23(3,4)21(28)29)7-6-12-26-22(30)27(25-24-26)18-8-10-19(32-5)11-9-18/h8-11,13-14H,6-7,12H2,1-5H3,(H,28,29). The molecule has 1 heterocycles. The Balaban J connectivity index is 1.66. The van der Waals surface area contributed by atoms with Crippen molar-refractivity contribution in [3.8, 4) is 11.4 Å². The van der Waals surface area contributed by atoms with Crippen LogP contribution < -0.4 is 10.4 Å². The number of ether oxygens (including phenoxy) is 1. The molecule has 170 valence electrons. The predicted molar refractivity (Wildman–Crippen MR) is 124 cm³/mol. The molecule has 9 heteroatoms. The minimum atomic E-state index is -1.31. The summed E-state index contributed by atoms with van der Waals surface area (Å²) in [6.07, 6.45) is 3.45. The van der Waals surface area contributed by atoms with E-state index in [1.807, 2.05) is 56.5 Å². The van der Waals surface area contributed by atoms with Crippen molar-refractivity contribution in [2.75, 3.05) is 6.26 Å². The van der Waals surface area contributed by atoms with E-state index in [0.29, 0.717) is 24.4 Å². The fraction of sp³-hybridized carbons (Fsp3) is 0.391. The van der Waals surface area contributed by atoms with Gasteiger partial charge >= 0.3 is 11.7 Å². The Hall–Kier alpha value is -3.07. The summed E-state index contributed by atoms with van der Waals surface area (Å²) in [5.74, 6) is -0.424. The van der Waals surface area contributed by atoms with Crippen LogP contribution in [0, 0.1) is 13.8 Å². The van der Waals surface area contributed by atoms with Gasteiger partial charge < -0.3 is 9.84 Å². The molecule has 3 aromatic rings. The van der Waals surface area contributed by atoms with Gasteiger partial charge in [-0.25, -0.2) is 9.59 Å². The lowest BCUT2D eigenvalue weighted by Crippen LogP contribution is -2.38. The molecule has 0 saturated carbocycles. The molecule has 0 spiro atoms. The van der Waals surface area contributed by atoms with Crippen LogP contribution in [0.4, 0.5) is 0 Å². The molecule has 2 aromatic carbocycles. The van der Waals surface area contributed by atoms with Gasteiger partial charge in [-0.3, -0.25) is 0 Å². The lowest BCUT2D eigenvalue weighted by Gasteiger charge is -2.24. The molecule has 0 radical (unpaired) electrons. The molecule has 3 rings (SSSR count). The molecule has 0 fully saturated rings. The fourth-order valence-electron chi connectivity index (χ4n) is 3.38. The highest BCUT2D eigenvalue weighted by Crippen LogP contribution is 2.29. The number of carboxylic acids is 1. The number of rotatable bonds is 9. The molecule has 0 unspecified atom stereocenters. The Morgan fingerprint density at radius 2 is 1.75 bits per heavy atom. The second-order valence-electron chi connectivity index (χ2n) is 8.17. The van der Waals surface area contributed by atoms with Gasteiger partial charge in [0.05, 0.1) is 5.69 Å². The van der Waals surface area contributed by atoms with E-state index >= 15 is 0 Å². The first-order chi connectivity index (χ1) is 15.1. The first-order valence-corrected chi connectivity index (χ1v) is 11.5. The number of nitrogens with zero attached hydrogens (tertiary/aromatic N) is 4. The van der Waals surface area contributed by atoms with Gasteiger partial charge in [-0.15, -0.1) is 11.8 Å². The first kappa shape index (κ1) is 23.6. The average molecular weight is 457 g/mol. The predicted octanol–water partition coefficient (Wildman–Crippen LogP) is 3.64. The monoisotopic (exact) mass is 456 g/mol. The molecule has 8 nitrogen and oxygen atoms in total. The zero-order valence-electron chi connectivity index (χ0n) is 19.0. The van der Waals surface area contributed by atoms with E-state index in [0.717, 1.165) is 28.0 Å². The summed E-state index contributed by atoms with van der Waals surface area (Å²) >= 11 is 1.64. The van der Waals surface area contributed by atoms with Crippen molar-refractivity contribution in [3.63, 3.8) is 0 Å². The van der Waals surface area contributed by atoms with Gasteiger partial charge in [0.15, 0.2) is 5.60 Å². The number of benzene rings is 2. The number of aryl methyl sites for hydroxylation is 4. The molecule has 0 bridgehead atoms. The van der Waals surface area contributed by atoms with Crippen LogP contribution >= 0.6 is 11.8 Å². The maximum Gasteiger partial charge on any atom is 0.368 e. The molecule has 0 atom stereocenters. The van der Waals surface area contributed by atoms with Crippen molar-refractivity contribution >= 4 is 17.7 Å². The number of aromatic nitrogens is 4. The number of thioether (sulfide) groups is 1. The highest BCUT2D eigenvalue weighted by atomic mass is 32.2. The van der Waals surface area contributed by atoms with E-state index < -0.39 is 11.6 Å². The average Bonchev–Trinajstić information content (AvgIpc) is 3.11.